The summed E-state index contributed by atoms with van der Waals surface area (Å²) < 4.78 is 0. The van der Waals surface area contributed by atoms with Gasteiger partial charge < -0.3 is 20.4 Å². The molecular formula is C12H13ClN2O4. The average Bonchev–Trinajstić information content (AvgIpc) is 2.74. The number of hydrogen-bond donors (Lipinski definition) is 3. The van der Waals surface area contributed by atoms with E-state index in [9.17, 15) is 14.7 Å². The highest BCUT2D eigenvalue weighted by molar-refractivity contribution is 6.33. The van der Waals surface area contributed by atoms with Crippen LogP contribution in [0.25, 0.3) is 0 Å². The lowest BCUT2D eigenvalue weighted by Crippen LogP contribution is -2.43. The molecule has 1 aliphatic rings. The van der Waals surface area contributed by atoms with Gasteiger partial charge in [0.1, 0.15) is 6.04 Å². The van der Waals surface area contributed by atoms with Crippen LogP contribution in [0.15, 0.2) is 24.3 Å². The summed E-state index contributed by atoms with van der Waals surface area (Å²) in [5.41, 5.74) is 0.402. The van der Waals surface area contributed by atoms with Gasteiger partial charge in [-0.3, -0.25) is 0 Å². The number of aliphatic hydroxyl groups is 1. The Bertz CT molecular complexity index is 508. The summed E-state index contributed by atoms with van der Waals surface area (Å²) in [5.74, 6) is -1.13. The van der Waals surface area contributed by atoms with Gasteiger partial charge in [0, 0.05) is 13.0 Å². The number of aliphatic carboxylic acids is 1. The number of carboxylic acid groups (broad SMARTS) is 1. The van der Waals surface area contributed by atoms with E-state index in [2.05, 4.69) is 5.32 Å². The van der Waals surface area contributed by atoms with E-state index >= 15 is 0 Å². The molecule has 19 heavy (non-hydrogen) atoms. The molecule has 1 heterocycles. The number of nitrogens with zero attached hydrogens (tertiary/aromatic N) is 1. The van der Waals surface area contributed by atoms with Crippen molar-refractivity contribution in [3.63, 3.8) is 0 Å². The topological polar surface area (TPSA) is 89.9 Å². The number of halogens is 1. The van der Waals surface area contributed by atoms with Crippen molar-refractivity contribution in [3.8, 4) is 0 Å². The highest BCUT2D eigenvalue weighted by atomic mass is 35.5. The standard InChI is InChI=1S/C12H13ClN2O4/c13-8-3-1-2-4-9(8)14-12(19)15-6-7(16)5-10(15)11(17)18/h1-4,7,10,16H,5-6H2,(H,14,19)(H,17,18)/t7-,10-/m0/s1. The van der Waals surface area contributed by atoms with Gasteiger partial charge in [0.25, 0.3) is 0 Å². The van der Waals surface area contributed by atoms with Gasteiger partial charge in [-0.2, -0.15) is 0 Å². The summed E-state index contributed by atoms with van der Waals surface area (Å²) in [6.45, 7) is -0.00669. The number of anilines is 1. The number of β-amino-alcohol motifs (C(OH)–C–C–N with tert-alkyl or cyclic N) is 1. The molecule has 0 aliphatic carbocycles. The molecule has 2 rings (SSSR count). The van der Waals surface area contributed by atoms with Crippen molar-refractivity contribution in [2.45, 2.75) is 18.6 Å². The Labute approximate surface area is 114 Å². The first-order valence-electron chi connectivity index (χ1n) is 5.72. The monoisotopic (exact) mass is 284 g/mol. The summed E-state index contributed by atoms with van der Waals surface area (Å²) in [5, 5.41) is 21.4. The number of para-hydroxylation sites is 1. The fourth-order valence-electron chi connectivity index (χ4n) is 2.02. The molecule has 2 atom stereocenters. The minimum absolute atomic E-state index is 0.00669. The second-order valence-corrected chi connectivity index (χ2v) is 4.71. The van der Waals surface area contributed by atoms with Crippen LogP contribution in [0.3, 0.4) is 0 Å². The Hall–Kier alpha value is -1.79. The first-order valence-corrected chi connectivity index (χ1v) is 6.10. The smallest absolute Gasteiger partial charge is 0.326 e. The Morgan fingerprint density at radius 2 is 2.05 bits per heavy atom. The van der Waals surface area contributed by atoms with Gasteiger partial charge >= 0.3 is 12.0 Å². The zero-order valence-corrected chi connectivity index (χ0v) is 10.7. The number of carboxylic acids is 1. The van der Waals surface area contributed by atoms with E-state index in [1.165, 1.54) is 0 Å². The van der Waals surface area contributed by atoms with Crippen molar-refractivity contribution < 1.29 is 19.8 Å². The van der Waals surface area contributed by atoms with Crippen LogP contribution in [0.5, 0.6) is 0 Å². The Morgan fingerprint density at radius 1 is 1.37 bits per heavy atom. The quantitative estimate of drug-likeness (QED) is 0.765. The molecule has 0 saturated carbocycles. The maximum absolute atomic E-state index is 12.0. The third kappa shape index (κ3) is 2.97. The van der Waals surface area contributed by atoms with E-state index in [-0.39, 0.29) is 13.0 Å². The number of aliphatic hydroxyl groups excluding tert-OH is 1. The third-order valence-corrected chi connectivity index (χ3v) is 3.27. The number of carbonyl (C=O) groups is 2. The van der Waals surface area contributed by atoms with Crippen LogP contribution in [0, 0.1) is 0 Å². The molecule has 1 saturated heterocycles. The highest BCUT2D eigenvalue weighted by Gasteiger charge is 2.39. The highest BCUT2D eigenvalue weighted by Crippen LogP contribution is 2.23. The van der Waals surface area contributed by atoms with Crippen LogP contribution in [0.2, 0.25) is 5.02 Å². The lowest BCUT2D eigenvalue weighted by molar-refractivity contribution is -0.141. The zero-order valence-electron chi connectivity index (χ0n) is 9.91. The summed E-state index contributed by atoms with van der Waals surface area (Å²) in [4.78, 5) is 24.1. The Balaban J connectivity index is 2.11. The summed E-state index contributed by atoms with van der Waals surface area (Å²) >= 11 is 5.90. The van der Waals surface area contributed by atoms with Gasteiger partial charge in [-0.1, -0.05) is 23.7 Å². The molecule has 1 aromatic rings. The minimum atomic E-state index is -1.13. The number of nitrogens with one attached hydrogen (secondary N) is 1. The molecule has 0 spiro atoms. The van der Waals surface area contributed by atoms with Crippen molar-refractivity contribution in [2.75, 3.05) is 11.9 Å². The zero-order chi connectivity index (χ0) is 14.0. The average molecular weight is 285 g/mol. The molecule has 6 nitrogen and oxygen atoms in total. The molecule has 0 bridgehead atoms. The molecular weight excluding hydrogens is 272 g/mol. The number of likely N-dealkylation sites (tertiary alicyclic amines) is 1. The minimum Gasteiger partial charge on any atom is -0.480 e. The van der Waals surface area contributed by atoms with Gasteiger partial charge in [-0.15, -0.1) is 0 Å². The number of hydrogen-bond acceptors (Lipinski definition) is 3. The van der Waals surface area contributed by atoms with Crippen molar-refractivity contribution in [3.05, 3.63) is 29.3 Å². The van der Waals surface area contributed by atoms with Crippen LogP contribution < -0.4 is 5.32 Å². The molecule has 1 fully saturated rings. The molecule has 0 radical (unpaired) electrons. The van der Waals surface area contributed by atoms with Crippen molar-refractivity contribution >= 4 is 29.3 Å². The first kappa shape index (κ1) is 13.6. The molecule has 2 amide bonds. The second-order valence-electron chi connectivity index (χ2n) is 4.31. The normalized spacial score (nSPS) is 22.3. The first-order chi connectivity index (χ1) is 8.99. The van der Waals surface area contributed by atoms with E-state index in [0.717, 1.165) is 4.90 Å². The van der Waals surface area contributed by atoms with Crippen LogP contribution in [0.4, 0.5) is 10.5 Å². The van der Waals surface area contributed by atoms with E-state index in [4.69, 9.17) is 16.7 Å². The maximum Gasteiger partial charge on any atom is 0.326 e. The van der Waals surface area contributed by atoms with E-state index in [0.29, 0.717) is 10.7 Å². The van der Waals surface area contributed by atoms with Crippen molar-refractivity contribution in [1.82, 2.24) is 4.90 Å². The summed E-state index contributed by atoms with van der Waals surface area (Å²) in [6.07, 6.45) is -0.788. The van der Waals surface area contributed by atoms with Crippen molar-refractivity contribution in [1.29, 1.82) is 0 Å². The molecule has 1 aliphatic heterocycles. The number of amides is 2. The van der Waals surface area contributed by atoms with Crippen LogP contribution in [-0.2, 0) is 4.79 Å². The van der Waals surface area contributed by atoms with Gasteiger partial charge in [0.05, 0.1) is 16.8 Å². The Morgan fingerprint density at radius 3 is 2.68 bits per heavy atom. The van der Waals surface area contributed by atoms with E-state index < -0.39 is 24.1 Å². The summed E-state index contributed by atoms with van der Waals surface area (Å²) in [6, 6.07) is 5.05. The predicted molar refractivity (Wildman–Crippen MR) is 69.2 cm³/mol. The molecule has 0 aromatic heterocycles. The molecule has 1 aromatic carbocycles. The predicted octanol–water partition coefficient (Wildman–Crippen LogP) is 1.39. The lowest BCUT2D eigenvalue weighted by atomic mass is 10.2. The number of rotatable bonds is 2. The molecule has 102 valence electrons. The SMILES string of the molecule is O=C(O)[C@@H]1C[C@H](O)CN1C(=O)Nc1ccccc1Cl. The van der Waals surface area contributed by atoms with Crippen LogP contribution in [0.1, 0.15) is 6.42 Å². The van der Waals surface area contributed by atoms with Crippen molar-refractivity contribution in [2.24, 2.45) is 0 Å². The van der Waals surface area contributed by atoms with Crippen LogP contribution >= 0.6 is 11.6 Å². The van der Waals surface area contributed by atoms with Gasteiger partial charge in [-0.25, -0.2) is 9.59 Å². The number of benzene rings is 1. The molecule has 0 unspecified atom stereocenters. The number of carbonyl (C=O) groups excluding carboxylic acids is 1. The van der Waals surface area contributed by atoms with E-state index in [1.54, 1.807) is 24.3 Å². The van der Waals surface area contributed by atoms with Gasteiger partial charge in [-0.05, 0) is 12.1 Å². The van der Waals surface area contributed by atoms with Crippen LogP contribution in [-0.4, -0.2) is 45.8 Å². The fourth-order valence-corrected chi connectivity index (χ4v) is 2.20. The maximum atomic E-state index is 12.0. The third-order valence-electron chi connectivity index (χ3n) is 2.94. The fraction of sp³-hybridized carbons (Fsp3) is 0.333. The number of urea groups is 1. The second kappa shape index (κ2) is 5.46. The molecule has 7 heteroatoms. The molecule has 3 N–H and O–H groups in total. The van der Waals surface area contributed by atoms with Gasteiger partial charge in [0.2, 0.25) is 0 Å². The lowest BCUT2D eigenvalue weighted by Gasteiger charge is -2.21. The Kier molecular flexibility index (Phi) is 3.92. The summed E-state index contributed by atoms with van der Waals surface area (Å²) in [7, 11) is 0. The largest absolute Gasteiger partial charge is 0.480 e. The van der Waals surface area contributed by atoms with Gasteiger partial charge in [0.15, 0.2) is 0 Å². The van der Waals surface area contributed by atoms with E-state index in [1.807, 2.05) is 0 Å².